The summed E-state index contributed by atoms with van der Waals surface area (Å²) < 4.78 is 5.42. The summed E-state index contributed by atoms with van der Waals surface area (Å²) in [5.41, 5.74) is 6.33. The summed E-state index contributed by atoms with van der Waals surface area (Å²) in [7, 11) is 0. The van der Waals surface area contributed by atoms with Crippen molar-refractivity contribution in [2.45, 2.75) is 26.0 Å². The maximum Gasteiger partial charge on any atom is 0.253 e. The molecule has 0 aliphatic heterocycles. The molecule has 3 N–H and O–H groups in total. The predicted octanol–water partition coefficient (Wildman–Crippen LogP) is 1.83. The van der Waals surface area contributed by atoms with Crippen LogP contribution in [0.2, 0.25) is 0 Å². The summed E-state index contributed by atoms with van der Waals surface area (Å²) in [4.78, 5) is 27.9. The van der Waals surface area contributed by atoms with E-state index in [0.29, 0.717) is 17.0 Å². The van der Waals surface area contributed by atoms with Gasteiger partial charge in [-0.15, -0.1) is 0 Å². The monoisotopic (exact) mass is 313 g/mol. The minimum Gasteiger partial charge on any atom is -0.475 e. The van der Waals surface area contributed by atoms with Gasteiger partial charge in [0.1, 0.15) is 6.04 Å². The molecule has 1 aromatic carbocycles. The van der Waals surface area contributed by atoms with Crippen LogP contribution in [0.25, 0.3) is 0 Å². The zero-order chi connectivity index (χ0) is 16.8. The molecule has 2 rings (SSSR count). The van der Waals surface area contributed by atoms with Gasteiger partial charge in [-0.25, -0.2) is 4.98 Å². The van der Waals surface area contributed by atoms with Crippen molar-refractivity contribution in [1.29, 1.82) is 0 Å². The van der Waals surface area contributed by atoms with Gasteiger partial charge in [0.25, 0.3) is 5.91 Å². The Morgan fingerprint density at radius 2 is 1.83 bits per heavy atom. The molecule has 0 bridgehead atoms. The Bertz CT molecular complexity index is 669. The van der Waals surface area contributed by atoms with Crippen molar-refractivity contribution in [1.82, 2.24) is 10.3 Å². The number of carbonyl (C=O) groups is 2. The van der Waals surface area contributed by atoms with Crippen molar-refractivity contribution in [3.05, 3.63) is 59.8 Å². The zero-order valence-corrected chi connectivity index (χ0v) is 13.0. The average molecular weight is 313 g/mol. The molecule has 23 heavy (non-hydrogen) atoms. The second-order valence-corrected chi connectivity index (χ2v) is 5.27. The van der Waals surface area contributed by atoms with Crippen LogP contribution in [0.1, 0.15) is 35.8 Å². The first-order chi connectivity index (χ1) is 11.0. The molecule has 0 spiro atoms. The van der Waals surface area contributed by atoms with Crippen LogP contribution < -0.4 is 15.8 Å². The molecule has 0 aliphatic rings. The van der Waals surface area contributed by atoms with Gasteiger partial charge in [-0.05, 0) is 25.5 Å². The maximum absolute atomic E-state index is 12.3. The van der Waals surface area contributed by atoms with E-state index in [1.54, 1.807) is 36.4 Å². The minimum absolute atomic E-state index is 0.000464. The van der Waals surface area contributed by atoms with Gasteiger partial charge in [-0.3, -0.25) is 9.59 Å². The van der Waals surface area contributed by atoms with E-state index >= 15 is 0 Å². The van der Waals surface area contributed by atoms with Gasteiger partial charge in [0, 0.05) is 12.3 Å². The largest absolute Gasteiger partial charge is 0.475 e. The number of nitrogens with one attached hydrogen (secondary N) is 1. The van der Waals surface area contributed by atoms with Crippen molar-refractivity contribution >= 4 is 11.8 Å². The Kier molecular flexibility index (Phi) is 5.30. The smallest absolute Gasteiger partial charge is 0.253 e. The van der Waals surface area contributed by atoms with Crippen LogP contribution in [0.4, 0.5) is 0 Å². The van der Waals surface area contributed by atoms with E-state index in [0.717, 1.165) is 0 Å². The molecule has 0 fully saturated rings. The molecule has 120 valence electrons. The van der Waals surface area contributed by atoms with Gasteiger partial charge in [-0.2, -0.15) is 0 Å². The predicted molar refractivity (Wildman–Crippen MR) is 85.8 cm³/mol. The van der Waals surface area contributed by atoms with Crippen LogP contribution in [-0.2, 0) is 4.79 Å². The number of pyridine rings is 1. The highest BCUT2D eigenvalue weighted by atomic mass is 16.5. The number of aromatic nitrogens is 1. The van der Waals surface area contributed by atoms with Crippen LogP contribution in [0.3, 0.4) is 0 Å². The maximum atomic E-state index is 12.3. The number of nitrogens with two attached hydrogens (primary N) is 1. The number of nitrogens with zero attached hydrogens (tertiary/aromatic N) is 1. The number of carbonyl (C=O) groups excluding carboxylic acids is 2. The molecule has 0 unspecified atom stereocenters. The molecule has 6 heteroatoms. The van der Waals surface area contributed by atoms with Crippen LogP contribution in [0.5, 0.6) is 5.88 Å². The second kappa shape index (κ2) is 7.40. The summed E-state index contributed by atoms with van der Waals surface area (Å²) in [5.74, 6) is -0.621. The molecule has 1 atom stereocenters. The number of primary amides is 1. The van der Waals surface area contributed by atoms with Crippen LogP contribution in [-0.4, -0.2) is 22.9 Å². The first-order valence-electron chi connectivity index (χ1n) is 7.25. The Hall–Kier alpha value is -2.89. The highest BCUT2D eigenvalue weighted by Gasteiger charge is 2.20. The van der Waals surface area contributed by atoms with Gasteiger partial charge in [0.05, 0.1) is 11.7 Å². The second-order valence-electron chi connectivity index (χ2n) is 5.27. The third-order valence-corrected chi connectivity index (χ3v) is 3.05. The number of hydrogen-bond donors (Lipinski definition) is 2. The third kappa shape index (κ3) is 4.54. The van der Waals surface area contributed by atoms with Gasteiger partial charge < -0.3 is 15.8 Å². The third-order valence-electron chi connectivity index (χ3n) is 3.05. The van der Waals surface area contributed by atoms with Crippen molar-refractivity contribution in [3.8, 4) is 5.88 Å². The number of benzene rings is 1. The fraction of sp³-hybridized carbons (Fsp3) is 0.235. The molecular weight excluding hydrogens is 294 g/mol. The highest BCUT2D eigenvalue weighted by molar-refractivity contribution is 5.97. The average Bonchev–Trinajstić information content (AvgIpc) is 2.53. The standard InChI is InChI=1S/C17H19N3O3/c1-11(2)23-14-9-8-13(10-19-14)17(22)20-15(16(18)21)12-6-4-3-5-7-12/h3-11,15H,1-2H3,(H2,18,21)(H,20,22)/t15-/m0/s1. The van der Waals surface area contributed by atoms with Crippen LogP contribution in [0.15, 0.2) is 48.7 Å². The van der Waals surface area contributed by atoms with Crippen molar-refractivity contribution in [3.63, 3.8) is 0 Å². The lowest BCUT2D eigenvalue weighted by atomic mass is 10.1. The van der Waals surface area contributed by atoms with E-state index in [9.17, 15) is 9.59 Å². The molecular formula is C17H19N3O3. The van der Waals surface area contributed by atoms with Crippen molar-refractivity contribution < 1.29 is 14.3 Å². The fourth-order valence-electron chi connectivity index (χ4n) is 2.00. The molecule has 0 radical (unpaired) electrons. The topological polar surface area (TPSA) is 94.3 Å². The summed E-state index contributed by atoms with van der Waals surface area (Å²) in [5, 5.41) is 2.61. The van der Waals surface area contributed by atoms with E-state index in [1.165, 1.54) is 6.20 Å². The molecule has 2 aromatic rings. The molecule has 0 aliphatic carbocycles. The van der Waals surface area contributed by atoms with Gasteiger partial charge in [0.2, 0.25) is 11.8 Å². The first-order valence-corrected chi connectivity index (χ1v) is 7.25. The van der Waals surface area contributed by atoms with Gasteiger partial charge in [-0.1, -0.05) is 30.3 Å². The van der Waals surface area contributed by atoms with Crippen LogP contribution in [0, 0.1) is 0 Å². The lowest BCUT2D eigenvalue weighted by molar-refractivity contribution is -0.120. The summed E-state index contributed by atoms with van der Waals surface area (Å²) in [6.07, 6.45) is 1.40. The lowest BCUT2D eigenvalue weighted by Crippen LogP contribution is -2.37. The van der Waals surface area contributed by atoms with E-state index < -0.39 is 17.9 Å². The zero-order valence-electron chi connectivity index (χ0n) is 13.0. The quantitative estimate of drug-likeness (QED) is 0.850. The molecule has 0 saturated carbocycles. The molecule has 6 nitrogen and oxygen atoms in total. The van der Waals surface area contributed by atoms with Crippen molar-refractivity contribution in [2.24, 2.45) is 5.73 Å². The summed E-state index contributed by atoms with van der Waals surface area (Å²) in [6.45, 7) is 3.78. The Labute approximate surface area is 134 Å². The van der Waals surface area contributed by atoms with Gasteiger partial charge >= 0.3 is 0 Å². The summed E-state index contributed by atoms with van der Waals surface area (Å²) in [6, 6.07) is 11.1. The van der Waals surface area contributed by atoms with E-state index in [4.69, 9.17) is 10.5 Å². The first kappa shape index (κ1) is 16.5. The highest BCUT2D eigenvalue weighted by Crippen LogP contribution is 2.14. The number of amides is 2. The van der Waals surface area contributed by atoms with Gasteiger partial charge in [0.15, 0.2) is 0 Å². The lowest BCUT2D eigenvalue weighted by Gasteiger charge is -2.16. The Balaban J connectivity index is 2.11. The number of hydrogen-bond acceptors (Lipinski definition) is 4. The Morgan fingerprint density at radius 1 is 1.13 bits per heavy atom. The summed E-state index contributed by atoms with van der Waals surface area (Å²) >= 11 is 0. The van der Waals surface area contributed by atoms with E-state index in [-0.39, 0.29) is 6.10 Å². The normalized spacial score (nSPS) is 11.8. The SMILES string of the molecule is CC(C)Oc1ccc(C(=O)N[C@H](C(N)=O)c2ccccc2)cn1. The van der Waals surface area contributed by atoms with E-state index in [1.807, 2.05) is 19.9 Å². The van der Waals surface area contributed by atoms with Crippen LogP contribution >= 0.6 is 0 Å². The number of ether oxygens (including phenoxy) is 1. The molecule has 2 amide bonds. The van der Waals surface area contributed by atoms with E-state index in [2.05, 4.69) is 10.3 Å². The molecule has 1 aromatic heterocycles. The molecule has 0 saturated heterocycles. The molecule has 1 heterocycles. The van der Waals surface area contributed by atoms with Crippen molar-refractivity contribution in [2.75, 3.05) is 0 Å². The Morgan fingerprint density at radius 3 is 2.35 bits per heavy atom. The number of rotatable bonds is 6. The fourth-order valence-corrected chi connectivity index (χ4v) is 2.00. The minimum atomic E-state index is -0.893.